The fourth-order valence-corrected chi connectivity index (χ4v) is 5.44. The van der Waals surface area contributed by atoms with E-state index in [2.05, 4.69) is 33.3 Å². The lowest BCUT2D eigenvalue weighted by molar-refractivity contribution is 0.0519. The highest BCUT2D eigenvalue weighted by Crippen LogP contribution is 2.34. The first-order valence-corrected chi connectivity index (χ1v) is 15.0. The quantitative estimate of drug-likeness (QED) is 0.243. The Hall–Kier alpha value is -4.49. The molecule has 2 saturated heterocycles. The topological polar surface area (TPSA) is 127 Å². The smallest absolute Gasteiger partial charge is 0.357 e. The van der Waals surface area contributed by atoms with Crippen LogP contribution in [0.15, 0.2) is 48.7 Å². The SMILES string of the molecule is CCOC(=O)c1cc(-c2ccc(N3CCC(C#N)CC3)nc2)c(C(=N)C(C)C)c(Nc2cccc(N3CCOCC3)c2)n1. The summed E-state index contributed by atoms with van der Waals surface area (Å²) in [4.78, 5) is 26.9. The Morgan fingerprint density at radius 3 is 2.56 bits per heavy atom. The van der Waals surface area contributed by atoms with Crippen molar-refractivity contribution in [3.8, 4) is 17.2 Å². The summed E-state index contributed by atoms with van der Waals surface area (Å²) in [7, 11) is 0. The highest BCUT2D eigenvalue weighted by Gasteiger charge is 2.25. The molecule has 0 amide bonds. The molecule has 0 bridgehead atoms. The lowest BCUT2D eigenvalue weighted by Gasteiger charge is -2.30. The van der Waals surface area contributed by atoms with Crippen molar-refractivity contribution in [1.29, 1.82) is 10.7 Å². The number of anilines is 4. The van der Waals surface area contributed by atoms with E-state index in [1.807, 2.05) is 38.1 Å². The van der Waals surface area contributed by atoms with Gasteiger partial charge in [-0.25, -0.2) is 14.8 Å². The van der Waals surface area contributed by atoms with Gasteiger partial charge < -0.3 is 30.0 Å². The second-order valence-corrected chi connectivity index (χ2v) is 11.1. The molecule has 10 nitrogen and oxygen atoms in total. The van der Waals surface area contributed by atoms with E-state index in [-0.39, 0.29) is 24.1 Å². The summed E-state index contributed by atoms with van der Waals surface area (Å²) in [6.45, 7) is 10.5. The molecule has 10 heteroatoms. The van der Waals surface area contributed by atoms with E-state index in [0.717, 1.165) is 61.8 Å². The molecular weight excluding hydrogens is 542 g/mol. The number of esters is 1. The number of benzene rings is 1. The molecule has 2 aliphatic rings. The summed E-state index contributed by atoms with van der Waals surface area (Å²) >= 11 is 0. The van der Waals surface area contributed by atoms with Gasteiger partial charge in [-0.2, -0.15) is 5.26 Å². The minimum absolute atomic E-state index is 0.0945. The van der Waals surface area contributed by atoms with Crippen LogP contribution in [-0.4, -0.2) is 67.6 Å². The average molecular weight is 582 g/mol. The Morgan fingerprint density at radius 1 is 1.14 bits per heavy atom. The number of ether oxygens (including phenoxy) is 2. The fraction of sp³-hybridized carbons (Fsp3) is 0.424. The number of carbonyl (C=O) groups is 1. The number of nitriles is 1. The first-order chi connectivity index (χ1) is 20.9. The predicted molar refractivity (Wildman–Crippen MR) is 168 cm³/mol. The van der Waals surface area contributed by atoms with E-state index < -0.39 is 5.97 Å². The number of morpholine rings is 1. The van der Waals surface area contributed by atoms with E-state index >= 15 is 0 Å². The van der Waals surface area contributed by atoms with Gasteiger partial charge in [-0.15, -0.1) is 0 Å². The van der Waals surface area contributed by atoms with Crippen LogP contribution in [-0.2, 0) is 9.47 Å². The molecule has 0 atom stereocenters. The van der Waals surface area contributed by atoms with Gasteiger partial charge in [-0.1, -0.05) is 19.9 Å². The number of carbonyl (C=O) groups excluding carboxylic acids is 1. The van der Waals surface area contributed by atoms with Crippen LogP contribution in [0.4, 0.5) is 23.0 Å². The van der Waals surface area contributed by atoms with Crippen LogP contribution in [0.2, 0.25) is 0 Å². The number of nitrogens with one attached hydrogen (secondary N) is 2. The molecule has 2 aromatic heterocycles. The standard InChI is InChI=1S/C33H39N7O3/c1-4-43-33(41)28-19-27(24-8-9-29(36-21-24)40-12-10-23(20-34)11-13-40)30(31(35)22(2)3)32(38-28)37-25-6-5-7-26(18-25)39-14-16-42-17-15-39/h5-9,18-19,21-23,35H,4,10-17H2,1-3H3,(H,37,38). The molecule has 2 fully saturated rings. The van der Waals surface area contributed by atoms with Crippen molar-refractivity contribution in [2.24, 2.45) is 11.8 Å². The molecule has 43 heavy (non-hydrogen) atoms. The molecule has 5 rings (SSSR count). The van der Waals surface area contributed by atoms with Crippen molar-refractivity contribution in [1.82, 2.24) is 9.97 Å². The Bertz CT molecular complexity index is 1490. The highest BCUT2D eigenvalue weighted by molar-refractivity contribution is 6.10. The van der Waals surface area contributed by atoms with E-state index in [4.69, 9.17) is 24.9 Å². The summed E-state index contributed by atoms with van der Waals surface area (Å²) in [5.74, 6) is 0.739. The van der Waals surface area contributed by atoms with Crippen molar-refractivity contribution in [3.05, 3.63) is 59.9 Å². The maximum atomic E-state index is 13.0. The van der Waals surface area contributed by atoms with Crippen LogP contribution >= 0.6 is 0 Å². The lowest BCUT2D eigenvalue weighted by Crippen LogP contribution is -2.36. The Kier molecular flexibility index (Phi) is 9.52. The van der Waals surface area contributed by atoms with Crippen molar-refractivity contribution in [2.45, 2.75) is 33.6 Å². The summed E-state index contributed by atoms with van der Waals surface area (Å²) in [6, 6.07) is 16.1. The molecule has 2 N–H and O–H groups in total. The first-order valence-electron chi connectivity index (χ1n) is 15.0. The van der Waals surface area contributed by atoms with Gasteiger partial charge in [0.05, 0.1) is 25.9 Å². The molecule has 1 aromatic carbocycles. The summed E-state index contributed by atoms with van der Waals surface area (Å²) in [5.41, 5.74) is 4.49. The van der Waals surface area contributed by atoms with Crippen LogP contribution < -0.4 is 15.1 Å². The van der Waals surface area contributed by atoms with Crippen LogP contribution in [0.1, 0.15) is 49.7 Å². The Morgan fingerprint density at radius 2 is 1.91 bits per heavy atom. The van der Waals surface area contributed by atoms with Crippen molar-refractivity contribution < 1.29 is 14.3 Å². The number of pyridine rings is 2. The van der Waals surface area contributed by atoms with Gasteiger partial charge in [0.2, 0.25) is 0 Å². The van der Waals surface area contributed by atoms with Gasteiger partial charge in [-0.3, -0.25) is 0 Å². The van der Waals surface area contributed by atoms with Crippen LogP contribution in [0.25, 0.3) is 11.1 Å². The van der Waals surface area contributed by atoms with Gasteiger partial charge in [0, 0.05) is 66.5 Å². The molecular formula is C33H39N7O3. The van der Waals surface area contributed by atoms with E-state index in [0.29, 0.717) is 35.9 Å². The number of hydrogen-bond donors (Lipinski definition) is 2. The molecule has 224 valence electrons. The molecule has 2 aliphatic heterocycles. The molecule has 4 heterocycles. The number of piperidine rings is 1. The zero-order chi connectivity index (χ0) is 30.3. The molecule has 0 spiro atoms. The summed E-state index contributed by atoms with van der Waals surface area (Å²) in [6.07, 6.45) is 3.44. The largest absolute Gasteiger partial charge is 0.461 e. The second-order valence-electron chi connectivity index (χ2n) is 11.1. The fourth-order valence-electron chi connectivity index (χ4n) is 5.44. The van der Waals surface area contributed by atoms with Crippen molar-refractivity contribution >= 4 is 34.7 Å². The normalized spacial score (nSPS) is 15.7. The average Bonchev–Trinajstić information content (AvgIpc) is 3.05. The molecule has 0 aliphatic carbocycles. The number of rotatable bonds is 9. The van der Waals surface area contributed by atoms with Crippen LogP contribution in [0, 0.1) is 28.6 Å². The summed E-state index contributed by atoms with van der Waals surface area (Å²) in [5, 5.41) is 21.8. The highest BCUT2D eigenvalue weighted by atomic mass is 16.5. The van der Waals surface area contributed by atoms with E-state index in [1.165, 1.54) is 0 Å². The molecule has 0 radical (unpaired) electrons. The van der Waals surface area contributed by atoms with Crippen LogP contribution in [0.3, 0.4) is 0 Å². The van der Waals surface area contributed by atoms with E-state index in [9.17, 15) is 10.1 Å². The third-order valence-electron chi connectivity index (χ3n) is 7.90. The van der Waals surface area contributed by atoms with Crippen LogP contribution in [0.5, 0.6) is 0 Å². The van der Waals surface area contributed by atoms with Crippen molar-refractivity contribution in [3.63, 3.8) is 0 Å². The van der Waals surface area contributed by atoms with Gasteiger partial charge in [0.25, 0.3) is 0 Å². The van der Waals surface area contributed by atoms with E-state index in [1.54, 1.807) is 19.2 Å². The maximum Gasteiger partial charge on any atom is 0.357 e. The maximum absolute atomic E-state index is 13.0. The first kappa shape index (κ1) is 30.0. The minimum atomic E-state index is -0.526. The van der Waals surface area contributed by atoms with Crippen molar-refractivity contribution in [2.75, 3.05) is 61.1 Å². The second kappa shape index (κ2) is 13.7. The minimum Gasteiger partial charge on any atom is -0.461 e. The zero-order valence-electron chi connectivity index (χ0n) is 25.1. The Balaban J connectivity index is 1.55. The number of nitrogens with zero attached hydrogens (tertiary/aromatic N) is 5. The third kappa shape index (κ3) is 6.95. The molecule has 0 saturated carbocycles. The third-order valence-corrected chi connectivity index (χ3v) is 7.90. The van der Waals surface area contributed by atoms with Gasteiger partial charge in [0.15, 0.2) is 5.69 Å². The number of hydrogen-bond acceptors (Lipinski definition) is 10. The summed E-state index contributed by atoms with van der Waals surface area (Å²) < 4.78 is 10.9. The van der Waals surface area contributed by atoms with Gasteiger partial charge in [0.1, 0.15) is 11.6 Å². The molecule has 3 aromatic rings. The lowest BCUT2D eigenvalue weighted by atomic mass is 9.92. The van der Waals surface area contributed by atoms with Gasteiger partial charge >= 0.3 is 5.97 Å². The molecule has 0 unspecified atom stereocenters. The predicted octanol–water partition coefficient (Wildman–Crippen LogP) is 5.66. The zero-order valence-corrected chi connectivity index (χ0v) is 25.1. The Labute approximate surface area is 253 Å². The monoisotopic (exact) mass is 581 g/mol. The number of aromatic nitrogens is 2. The van der Waals surface area contributed by atoms with Gasteiger partial charge in [-0.05, 0) is 67.6 Å².